The van der Waals surface area contributed by atoms with E-state index in [1.54, 1.807) is 0 Å². The van der Waals surface area contributed by atoms with Gasteiger partial charge >= 0.3 is 8.60 Å². The topological polar surface area (TPSA) is 27.7 Å². The highest BCUT2D eigenvalue weighted by Crippen LogP contribution is 2.39. The smallest absolute Gasteiger partial charge is 0.313 e. The maximum Gasteiger partial charge on any atom is 0.332 e. The highest BCUT2D eigenvalue weighted by Gasteiger charge is 2.09. The molecule has 0 amide bonds. The largest absolute Gasteiger partial charge is 0.332 e. The van der Waals surface area contributed by atoms with Crippen molar-refractivity contribution in [2.24, 2.45) is 0 Å². The quantitative estimate of drug-likeness (QED) is 0.250. The Morgan fingerprint density at radius 2 is 1.00 bits per heavy atom. The van der Waals surface area contributed by atoms with Gasteiger partial charge in [-0.05, 0) is 20.3 Å². The van der Waals surface area contributed by atoms with E-state index in [0.717, 1.165) is 13.0 Å². The molecule has 4 heteroatoms. The fourth-order valence-electron chi connectivity index (χ4n) is 2.05. The second-order valence-corrected chi connectivity index (χ2v) is 6.30. The lowest BCUT2D eigenvalue weighted by Crippen LogP contribution is -1.97. The summed E-state index contributed by atoms with van der Waals surface area (Å²) in [5.74, 6) is 0. The van der Waals surface area contributed by atoms with Gasteiger partial charge in [-0.3, -0.25) is 0 Å². The minimum absolute atomic E-state index is 0.656. The van der Waals surface area contributed by atoms with E-state index in [0.29, 0.717) is 13.2 Å². The van der Waals surface area contributed by atoms with Crippen LogP contribution in [0.1, 0.15) is 85.0 Å². The van der Waals surface area contributed by atoms with Gasteiger partial charge in [-0.15, -0.1) is 0 Å². The summed E-state index contributed by atoms with van der Waals surface area (Å²) >= 11 is 0. The summed E-state index contributed by atoms with van der Waals surface area (Å²) in [5, 5.41) is 0. The molecule has 0 fully saturated rings. The summed E-state index contributed by atoms with van der Waals surface area (Å²) in [7, 11) is -1.10. The molecule has 0 N–H and O–H groups in total. The Morgan fingerprint density at radius 3 is 1.45 bits per heavy atom. The Hall–Kier alpha value is 0.310. The molecule has 3 nitrogen and oxygen atoms in total. The lowest BCUT2D eigenvalue weighted by molar-refractivity contribution is 0.168. The van der Waals surface area contributed by atoms with E-state index in [9.17, 15) is 0 Å². The van der Waals surface area contributed by atoms with Crippen LogP contribution in [0.15, 0.2) is 0 Å². The normalized spacial score (nSPS) is 11.4. The number of rotatable bonds is 16. The van der Waals surface area contributed by atoms with Crippen molar-refractivity contribution >= 4 is 8.60 Å². The Bertz CT molecular complexity index is 173. The molecule has 0 rings (SSSR count). The van der Waals surface area contributed by atoms with Crippen molar-refractivity contribution in [3.8, 4) is 0 Å². The summed E-state index contributed by atoms with van der Waals surface area (Å²) < 4.78 is 16.4. The molecule has 0 aliphatic carbocycles. The van der Waals surface area contributed by atoms with Crippen LogP contribution in [0, 0.1) is 0 Å². The SMILES string of the molecule is CCCCCCCCCCCCOP(OCC)OCC. The maximum absolute atomic E-state index is 5.62. The van der Waals surface area contributed by atoms with Gasteiger partial charge in [-0.2, -0.15) is 0 Å². The fraction of sp³-hybridized carbons (Fsp3) is 1.00. The third kappa shape index (κ3) is 14.7. The van der Waals surface area contributed by atoms with Gasteiger partial charge in [0.15, 0.2) is 0 Å². The summed E-state index contributed by atoms with van der Waals surface area (Å²) in [6, 6.07) is 0. The maximum atomic E-state index is 5.62. The minimum atomic E-state index is -1.10. The predicted molar refractivity (Wildman–Crippen MR) is 88.0 cm³/mol. The molecule has 0 unspecified atom stereocenters. The standard InChI is InChI=1S/C16H35O3P/c1-4-7-8-9-10-11-12-13-14-15-16-19-20(17-5-2)18-6-3/h4-16H2,1-3H3. The Morgan fingerprint density at radius 1 is 0.550 bits per heavy atom. The molecule has 20 heavy (non-hydrogen) atoms. The van der Waals surface area contributed by atoms with Crippen molar-refractivity contribution in [2.45, 2.75) is 85.0 Å². The third-order valence-corrected chi connectivity index (χ3v) is 4.50. The van der Waals surface area contributed by atoms with Gasteiger partial charge in [0.2, 0.25) is 0 Å². The van der Waals surface area contributed by atoms with Gasteiger partial charge in [0.05, 0.1) is 19.8 Å². The van der Waals surface area contributed by atoms with Gasteiger partial charge in [0.25, 0.3) is 0 Å². The molecular weight excluding hydrogens is 271 g/mol. The van der Waals surface area contributed by atoms with Crippen LogP contribution in [0.2, 0.25) is 0 Å². The first-order chi connectivity index (χ1) is 9.85. The summed E-state index contributed by atoms with van der Waals surface area (Å²) in [6.45, 7) is 8.29. The van der Waals surface area contributed by atoms with Crippen LogP contribution in [0.25, 0.3) is 0 Å². The molecule has 0 aliphatic rings. The highest BCUT2D eigenvalue weighted by molar-refractivity contribution is 7.41. The van der Waals surface area contributed by atoms with Crippen molar-refractivity contribution < 1.29 is 13.6 Å². The van der Waals surface area contributed by atoms with Crippen LogP contribution in [0.4, 0.5) is 0 Å². The molecule has 0 saturated carbocycles. The van der Waals surface area contributed by atoms with Crippen molar-refractivity contribution in [1.29, 1.82) is 0 Å². The fourth-order valence-corrected chi connectivity index (χ4v) is 2.97. The van der Waals surface area contributed by atoms with Crippen LogP contribution in [0.3, 0.4) is 0 Å². The monoisotopic (exact) mass is 306 g/mol. The minimum Gasteiger partial charge on any atom is -0.313 e. The van der Waals surface area contributed by atoms with E-state index >= 15 is 0 Å². The Balaban J connectivity index is 3.18. The van der Waals surface area contributed by atoms with E-state index in [1.165, 1.54) is 57.8 Å². The van der Waals surface area contributed by atoms with Crippen molar-refractivity contribution in [3.63, 3.8) is 0 Å². The first-order valence-electron chi connectivity index (χ1n) is 8.54. The van der Waals surface area contributed by atoms with E-state index in [4.69, 9.17) is 13.6 Å². The number of unbranched alkanes of at least 4 members (excludes halogenated alkanes) is 9. The van der Waals surface area contributed by atoms with Crippen LogP contribution in [-0.2, 0) is 13.6 Å². The highest BCUT2D eigenvalue weighted by atomic mass is 31.2. The lowest BCUT2D eigenvalue weighted by Gasteiger charge is -2.14. The average molecular weight is 306 g/mol. The van der Waals surface area contributed by atoms with Crippen molar-refractivity contribution in [1.82, 2.24) is 0 Å². The molecule has 0 atom stereocenters. The lowest BCUT2D eigenvalue weighted by atomic mass is 10.1. The van der Waals surface area contributed by atoms with Crippen LogP contribution in [0.5, 0.6) is 0 Å². The molecule has 0 saturated heterocycles. The first kappa shape index (κ1) is 20.3. The molecule has 0 aromatic rings. The van der Waals surface area contributed by atoms with Crippen molar-refractivity contribution in [3.05, 3.63) is 0 Å². The van der Waals surface area contributed by atoms with E-state index in [1.807, 2.05) is 13.8 Å². The molecule has 0 aromatic heterocycles. The number of hydrogen-bond donors (Lipinski definition) is 0. The van der Waals surface area contributed by atoms with Gasteiger partial charge in [0, 0.05) is 0 Å². The zero-order valence-corrected chi connectivity index (χ0v) is 14.8. The predicted octanol–water partition coefficient (Wildman–Crippen LogP) is 6.22. The molecule has 0 aromatic carbocycles. The molecular formula is C16H35O3P. The second kappa shape index (κ2) is 17.4. The van der Waals surface area contributed by atoms with Crippen LogP contribution >= 0.6 is 8.60 Å². The van der Waals surface area contributed by atoms with Crippen LogP contribution < -0.4 is 0 Å². The Labute approximate surface area is 127 Å². The average Bonchev–Trinajstić information content (AvgIpc) is 2.45. The summed E-state index contributed by atoms with van der Waals surface area (Å²) in [6.07, 6.45) is 13.5. The van der Waals surface area contributed by atoms with Crippen molar-refractivity contribution in [2.75, 3.05) is 19.8 Å². The zero-order valence-electron chi connectivity index (χ0n) is 13.9. The van der Waals surface area contributed by atoms with E-state index in [2.05, 4.69) is 6.92 Å². The molecule has 0 bridgehead atoms. The zero-order chi connectivity index (χ0) is 14.9. The molecule has 0 radical (unpaired) electrons. The first-order valence-corrected chi connectivity index (χ1v) is 9.63. The second-order valence-electron chi connectivity index (χ2n) is 5.07. The van der Waals surface area contributed by atoms with Gasteiger partial charge in [0.1, 0.15) is 0 Å². The molecule has 0 spiro atoms. The molecule has 122 valence electrons. The molecule has 0 heterocycles. The summed E-state index contributed by atoms with van der Waals surface area (Å²) in [5.41, 5.74) is 0. The molecule has 0 aliphatic heterocycles. The third-order valence-electron chi connectivity index (χ3n) is 3.16. The van der Waals surface area contributed by atoms with E-state index in [-0.39, 0.29) is 0 Å². The van der Waals surface area contributed by atoms with Gasteiger partial charge in [-0.1, -0.05) is 64.7 Å². The van der Waals surface area contributed by atoms with Gasteiger partial charge in [-0.25, -0.2) is 0 Å². The summed E-state index contributed by atoms with van der Waals surface area (Å²) in [4.78, 5) is 0. The van der Waals surface area contributed by atoms with Gasteiger partial charge < -0.3 is 13.6 Å². The number of hydrogen-bond acceptors (Lipinski definition) is 3. The van der Waals surface area contributed by atoms with E-state index < -0.39 is 8.60 Å². The van der Waals surface area contributed by atoms with Crippen LogP contribution in [-0.4, -0.2) is 19.8 Å². The Kier molecular flexibility index (Phi) is 17.6.